The van der Waals surface area contributed by atoms with Crippen LogP contribution in [0.5, 0.6) is 0 Å². The summed E-state index contributed by atoms with van der Waals surface area (Å²) in [5, 5.41) is 2.13. The molecule has 1 aliphatic carbocycles. The average molecular weight is 348 g/mol. The molecule has 2 heterocycles. The first-order chi connectivity index (χ1) is 11.6. The molecule has 0 aromatic carbocycles. The molecular formula is C20H29NO2S. The van der Waals surface area contributed by atoms with Gasteiger partial charge in [0.1, 0.15) is 0 Å². The molecule has 2 aromatic heterocycles. The second-order valence-electron chi connectivity index (χ2n) is 7.39. The van der Waals surface area contributed by atoms with E-state index in [9.17, 15) is 4.79 Å². The molecule has 4 heteroatoms. The molecule has 2 aromatic rings. The lowest BCUT2D eigenvalue weighted by molar-refractivity contribution is 0.121. The van der Waals surface area contributed by atoms with Crippen LogP contribution in [-0.2, 0) is 11.2 Å². The standard InChI is InChI=1S/C20H29NO2S/c1-4-5-8-20(10-11-20)9-6-7-15-12-17(22)21-18-16(14(2)23-3)13-24-19(15)18/h12-14H,4-11H2,1-3H3,(H,21,22). The largest absolute Gasteiger partial charge is 0.377 e. The molecule has 0 spiro atoms. The highest BCUT2D eigenvalue weighted by atomic mass is 32.1. The van der Waals surface area contributed by atoms with Gasteiger partial charge in [0.15, 0.2) is 0 Å². The molecule has 3 nitrogen and oxygen atoms in total. The van der Waals surface area contributed by atoms with Crippen LogP contribution in [0.3, 0.4) is 0 Å². The highest BCUT2D eigenvalue weighted by Gasteiger charge is 2.40. The number of pyridine rings is 1. The van der Waals surface area contributed by atoms with Gasteiger partial charge in [-0.3, -0.25) is 4.79 Å². The molecule has 3 rings (SSSR count). The quantitative estimate of drug-likeness (QED) is 0.642. The van der Waals surface area contributed by atoms with Crippen LogP contribution in [0.4, 0.5) is 0 Å². The molecule has 1 N–H and O–H groups in total. The molecule has 132 valence electrons. The molecule has 0 radical (unpaired) electrons. The van der Waals surface area contributed by atoms with E-state index in [0.717, 1.165) is 17.5 Å². The molecule has 1 aliphatic rings. The van der Waals surface area contributed by atoms with Crippen molar-refractivity contribution in [1.29, 1.82) is 0 Å². The zero-order chi connectivity index (χ0) is 17.2. The zero-order valence-electron chi connectivity index (χ0n) is 15.1. The zero-order valence-corrected chi connectivity index (χ0v) is 15.9. The van der Waals surface area contributed by atoms with Crippen molar-refractivity contribution in [2.45, 2.75) is 71.3 Å². The summed E-state index contributed by atoms with van der Waals surface area (Å²) in [6.07, 6.45) is 10.4. The minimum absolute atomic E-state index is 0.00701. The molecule has 1 unspecified atom stereocenters. The maximum Gasteiger partial charge on any atom is 0.248 e. The van der Waals surface area contributed by atoms with Crippen LogP contribution in [0.1, 0.15) is 76.0 Å². The van der Waals surface area contributed by atoms with Crippen LogP contribution in [0.25, 0.3) is 10.2 Å². The highest BCUT2D eigenvalue weighted by molar-refractivity contribution is 7.17. The van der Waals surface area contributed by atoms with Gasteiger partial charge in [-0.1, -0.05) is 19.8 Å². The van der Waals surface area contributed by atoms with E-state index in [1.807, 2.05) is 6.92 Å². The molecule has 0 amide bonds. The lowest BCUT2D eigenvalue weighted by atomic mass is 9.92. The van der Waals surface area contributed by atoms with Crippen molar-refractivity contribution in [3.8, 4) is 0 Å². The van der Waals surface area contributed by atoms with E-state index in [0.29, 0.717) is 5.41 Å². The molecular weight excluding hydrogens is 318 g/mol. The van der Waals surface area contributed by atoms with Crippen LogP contribution in [0.2, 0.25) is 0 Å². The summed E-state index contributed by atoms with van der Waals surface area (Å²) in [4.78, 5) is 15.1. The Bertz CT molecular complexity index is 742. The Kier molecular flexibility index (Phi) is 5.46. The molecule has 1 saturated carbocycles. The number of aromatic nitrogens is 1. The summed E-state index contributed by atoms with van der Waals surface area (Å²) in [5.74, 6) is 0. The van der Waals surface area contributed by atoms with Gasteiger partial charge >= 0.3 is 0 Å². The highest BCUT2D eigenvalue weighted by Crippen LogP contribution is 2.53. The van der Waals surface area contributed by atoms with Crippen molar-refractivity contribution in [3.63, 3.8) is 0 Å². The Morgan fingerprint density at radius 3 is 2.75 bits per heavy atom. The van der Waals surface area contributed by atoms with Crippen LogP contribution in [0, 0.1) is 5.41 Å². The number of fused-ring (bicyclic) bond motifs is 1. The van der Waals surface area contributed by atoms with Gasteiger partial charge < -0.3 is 9.72 Å². The molecule has 0 saturated heterocycles. The lowest BCUT2D eigenvalue weighted by Crippen LogP contribution is -2.08. The summed E-state index contributed by atoms with van der Waals surface area (Å²) in [5.41, 5.74) is 3.93. The second kappa shape index (κ2) is 7.40. The minimum atomic E-state index is 0.00701. The van der Waals surface area contributed by atoms with Gasteiger partial charge in [0.2, 0.25) is 5.56 Å². The summed E-state index contributed by atoms with van der Waals surface area (Å²) in [7, 11) is 1.71. The van der Waals surface area contributed by atoms with Gasteiger partial charge in [0.05, 0.1) is 16.3 Å². The van der Waals surface area contributed by atoms with E-state index >= 15 is 0 Å². The number of aryl methyl sites for hydroxylation is 1. The fraction of sp³-hybridized carbons (Fsp3) is 0.650. The van der Waals surface area contributed by atoms with Crippen molar-refractivity contribution in [2.24, 2.45) is 5.41 Å². The fourth-order valence-electron chi connectivity index (χ4n) is 3.74. The SMILES string of the molecule is CCCCC1(CCCc2cc(=O)[nH]c3c(C(C)OC)csc23)CC1. The monoisotopic (exact) mass is 347 g/mol. The number of nitrogens with one attached hydrogen (secondary N) is 1. The molecule has 1 fully saturated rings. The van der Waals surface area contributed by atoms with Gasteiger partial charge in [0, 0.05) is 18.7 Å². The van der Waals surface area contributed by atoms with E-state index < -0.39 is 0 Å². The number of H-pyrrole nitrogens is 1. The van der Waals surface area contributed by atoms with Crippen molar-refractivity contribution in [3.05, 3.63) is 32.9 Å². The van der Waals surface area contributed by atoms with Gasteiger partial charge in [-0.15, -0.1) is 11.3 Å². The molecule has 0 aliphatic heterocycles. The third-order valence-electron chi connectivity index (χ3n) is 5.63. The summed E-state index contributed by atoms with van der Waals surface area (Å²) < 4.78 is 6.67. The van der Waals surface area contributed by atoms with E-state index in [4.69, 9.17) is 4.74 Å². The van der Waals surface area contributed by atoms with Crippen molar-refractivity contribution in [2.75, 3.05) is 7.11 Å². The van der Waals surface area contributed by atoms with Gasteiger partial charge in [-0.25, -0.2) is 0 Å². The number of unbranched alkanes of at least 4 members (excludes halogenated alkanes) is 1. The number of thiophene rings is 1. The first kappa shape index (κ1) is 17.7. The van der Waals surface area contributed by atoms with E-state index in [2.05, 4.69) is 17.3 Å². The van der Waals surface area contributed by atoms with E-state index in [1.165, 1.54) is 55.2 Å². The van der Waals surface area contributed by atoms with Crippen LogP contribution in [-0.4, -0.2) is 12.1 Å². The minimum Gasteiger partial charge on any atom is -0.377 e. The number of hydrogen-bond donors (Lipinski definition) is 1. The molecule has 1 atom stereocenters. The van der Waals surface area contributed by atoms with Gasteiger partial charge in [-0.2, -0.15) is 0 Å². The Morgan fingerprint density at radius 1 is 1.33 bits per heavy atom. The van der Waals surface area contributed by atoms with Gasteiger partial charge in [0.25, 0.3) is 0 Å². The summed E-state index contributed by atoms with van der Waals surface area (Å²) in [6.45, 7) is 4.30. The van der Waals surface area contributed by atoms with Crippen LogP contribution >= 0.6 is 11.3 Å². The Hall–Kier alpha value is -1.13. The second-order valence-corrected chi connectivity index (χ2v) is 8.27. The Labute approximate surface area is 148 Å². The molecule has 24 heavy (non-hydrogen) atoms. The number of methoxy groups -OCH3 is 1. The Balaban J connectivity index is 1.73. The summed E-state index contributed by atoms with van der Waals surface area (Å²) >= 11 is 1.73. The Morgan fingerprint density at radius 2 is 2.08 bits per heavy atom. The average Bonchev–Trinajstić information content (AvgIpc) is 3.22. The maximum atomic E-state index is 12.1. The first-order valence-corrected chi connectivity index (χ1v) is 10.1. The third-order valence-corrected chi connectivity index (χ3v) is 6.70. The molecule has 0 bridgehead atoms. The van der Waals surface area contributed by atoms with Crippen LogP contribution < -0.4 is 5.56 Å². The van der Waals surface area contributed by atoms with Crippen LogP contribution in [0.15, 0.2) is 16.2 Å². The van der Waals surface area contributed by atoms with Crippen molar-refractivity contribution in [1.82, 2.24) is 4.98 Å². The van der Waals surface area contributed by atoms with Crippen molar-refractivity contribution < 1.29 is 4.74 Å². The van der Waals surface area contributed by atoms with Gasteiger partial charge in [-0.05, 0) is 61.8 Å². The fourth-order valence-corrected chi connectivity index (χ4v) is 4.89. The predicted octanol–water partition coefficient (Wildman–Crippen LogP) is 5.59. The normalized spacial score (nSPS) is 17.3. The number of rotatable bonds is 9. The van der Waals surface area contributed by atoms with Crippen molar-refractivity contribution >= 4 is 21.6 Å². The summed E-state index contributed by atoms with van der Waals surface area (Å²) in [6, 6.07) is 1.80. The number of hydrogen-bond acceptors (Lipinski definition) is 3. The third kappa shape index (κ3) is 3.75. The van der Waals surface area contributed by atoms with E-state index in [-0.39, 0.29) is 11.7 Å². The first-order valence-electron chi connectivity index (χ1n) is 9.24. The predicted molar refractivity (Wildman–Crippen MR) is 102 cm³/mol. The smallest absolute Gasteiger partial charge is 0.248 e. The maximum absolute atomic E-state index is 12.1. The van der Waals surface area contributed by atoms with E-state index in [1.54, 1.807) is 24.5 Å². The topological polar surface area (TPSA) is 42.1 Å². The number of ether oxygens (including phenoxy) is 1. The number of aromatic amines is 1. The lowest BCUT2D eigenvalue weighted by Gasteiger charge is -2.14.